The summed E-state index contributed by atoms with van der Waals surface area (Å²) in [6, 6.07) is 13.3. The molecule has 0 spiro atoms. The molecule has 0 aliphatic rings. The molecule has 22 heavy (non-hydrogen) atoms. The fraction of sp³-hybridized carbons (Fsp3) is 0.0556. The summed E-state index contributed by atoms with van der Waals surface area (Å²) in [7, 11) is 1.38. The summed E-state index contributed by atoms with van der Waals surface area (Å²) in [5, 5.41) is 0. The highest BCUT2D eigenvalue weighted by molar-refractivity contribution is 5.93. The van der Waals surface area contributed by atoms with Crippen molar-refractivity contribution in [2.24, 2.45) is 0 Å². The number of methoxy groups -OCH3 is 1. The summed E-state index contributed by atoms with van der Waals surface area (Å²) in [6.07, 6.45) is 6.97. The molecule has 2 heterocycles. The Morgan fingerprint density at radius 3 is 1.82 bits per heavy atom. The fourth-order valence-corrected chi connectivity index (χ4v) is 2.26. The van der Waals surface area contributed by atoms with Crippen molar-refractivity contribution in [3.8, 4) is 22.3 Å². The van der Waals surface area contributed by atoms with Gasteiger partial charge >= 0.3 is 5.97 Å². The summed E-state index contributed by atoms with van der Waals surface area (Å²) in [6.45, 7) is 0. The zero-order chi connectivity index (χ0) is 15.4. The number of carbonyl (C=O) groups is 1. The number of nitrogens with zero attached hydrogens (tertiary/aromatic N) is 2. The molecule has 0 bridgehead atoms. The molecule has 0 saturated carbocycles. The van der Waals surface area contributed by atoms with Crippen molar-refractivity contribution in [3.05, 3.63) is 72.8 Å². The van der Waals surface area contributed by atoms with Gasteiger partial charge < -0.3 is 4.74 Å². The van der Waals surface area contributed by atoms with Gasteiger partial charge in [0.25, 0.3) is 0 Å². The summed E-state index contributed by atoms with van der Waals surface area (Å²) in [5.41, 5.74) is 4.21. The average Bonchev–Trinajstić information content (AvgIpc) is 2.62. The zero-order valence-electron chi connectivity index (χ0n) is 12.1. The Morgan fingerprint density at radius 1 is 0.864 bits per heavy atom. The van der Waals surface area contributed by atoms with E-state index in [9.17, 15) is 4.79 Å². The first kappa shape index (κ1) is 13.9. The van der Waals surface area contributed by atoms with Crippen LogP contribution in [-0.4, -0.2) is 23.0 Å². The highest BCUT2D eigenvalue weighted by Gasteiger charge is 2.11. The van der Waals surface area contributed by atoms with Crippen LogP contribution in [0.1, 0.15) is 10.4 Å². The van der Waals surface area contributed by atoms with E-state index in [0.29, 0.717) is 5.56 Å². The number of pyridine rings is 2. The first-order valence-corrected chi connectivity index (χ1v) is 6.82. The Balaban J connectivity index is 2.17. The lowest BCUT2D eigenvalue weighted by atomic mass is 9.97. The Labute approximate surface area is 128 Å². The van der Waals surface area contributed by atoms with Crippen LogP contribution in [0.3, 0.4) is 0 Å². The van der Waals surface area contributed by atoms with Crippen LogP contribution in [0.25, 0.3) is 22.3 Å². The first-order valence-electron chi connectivity index (χ1n) is 6.82. The molecule has 3 rings (SSSR count). The third-order valence-electron chi connectivity index (χ3n) is 3.34. The average molecular weight is 290 g/mol. The van der Waals surface area contributed by atoms with Crippen molar-refractivity contribution < 1.29 is 9.53 Å². The molecule has 0 amide bonds. The highest BCUT2D eigenvalue weighted by atomic mass is 16.5. The molecule has 3 aromatic rings. The van der Waals surface area contributed by atoms with E-state index in [0.717, 1.165) is 22.3 Å². The van der Waals surface area contributed by atoms with E-state index >= 15 is 0 Å². The molecule has 0 fully saturated rings. The van der Waals surface area contributed by atoms with E-state index in [-0.39, 0.29) is 5.97 Å². The maximum atomic E-state index is 11.9. The zero-order valence-corrected chi connectivity index (χ0v) is 12.1. The highest BCUT2D eigenvalue weighted by Crippen LogP contribution is 2.27. The van der Waals surface area contributed by atoms with Crippen LogP contribution >= 0.6 is 0 Å². The molecule has 0 unspecified atom stereocenters. The minimum Gasteiger partial charge on any atom is -0.465 e. The van der Waals surface area contributed by atoms with Gasteiger partial charge in [-0.3, -0.25) is 9.97 Å². The Morgan fingerprint density at radius 2 is 1.41 bits per heavy atom. The summed E-state index contributed by atoms with van der Waals surface area (Å²) in [5.74, 6) is -0.365. The topological polar surface area (TPSA) is 52.1 Å². The molecular formula is C18H14N2O2. The molecule has 1 aromatic carbocycles. The minimum absolute atomic E-state index is 0.365. The van der Waals surface area contributed by atoms with Crippen LogP contribution in [0, 0.1) is 0 Å². The van der Waals surface area contributed by atoms with Gasteiger partial charge in [-0.05, 0) is 41.5 Å². The maximum absolute atomic E-state index is 11.9. The standard InChI is InChI=1S/C18H14N2O2/c1-22-18(21)17-9-15(13-4-2-6-19-11-13)8-16(10-17)14-5-3-7-20-12-14/h2-12H,1H3. The predicted molar refractivity (Wildman–Crippen MR) is 84.2 cm³/mol. The Kier molecular flexibility index (Phi) is 3.92. The summed E-state index contributed by atoms with van der Waals surface area (Å²) in [4.78, 5) is 20.2. The second-order valence-corrected chi connectivity index (χ2v) is 4.77. The lowest BCUT2D eigenvalue weighted by Crippen LogP contribution is -2.02. The monoisotopic (exact) mass is 290 g/mol. The van der Waals surface area contributed by atoms with Crippen molar-refractivity contribution in [1.82, 2.24) is 9.97 Å². The number of ether oxygens (including phenoxy) is 1. The van der Waals surface area contributed by atoms with Crippen LogP contribution in [0.15, 0.2) is 67.3 Å². The molecule has 0 aliphatic carbocycles. The molecule has 108 valence electrons. The van der Waals surface area contributed by atoms with Gasteiger partial charge in [0, 0.05) is 35.9 Å². The number of esters is 1. The lowest BCUT2D eigenvalue weighted by Gasteiger charge is -2.09. The summed E-state index contributed by atoms with van der Waals surface area (Å²) < 4.78 is 4.85. The predicted octanol–water partition coefficient (Wildman–Crippen LogP) is 3.60. The fourth-order valence-electron chi connectivity index (χ4n) is 2.26. The third kappa shape index (κ3) is 2.86. The number of hydrogen-bond acceptors (Lipinski definition) is 4. The second kappa shape index (κ2) is 6.18. The molecular weight excluding hydrogens is 276 g/mol. The molecule has 0 radical (unpaired) electrons. The van der Waals surface area contributed by atoms with Crippen LogP contribution in [0.2, 0.25) is 0 Å². The van der Waals surface area contributed by atoms with E-state index in [1.807, 2.05) is 42.5 Å². The quantitative estimate of drug-likeness (QED) is 0.692. The molecule has 0 atom stereocenters. The number of rotatable bonds is 3. The Hall–Kier alpha value is -3.01. The van der Waals surface area contributed by atoms with Crippen LogP contribution in [0.5, 0.6) is 0 Å². The SMILES string of the molecule is COC(=O)c1cc(-c2cccnc2)cc(-c2cccnc2)c1. The van der Waals surface area contributed by atoms with E-state index in [1.165, 1.54) is 7.11 Å². The Bertz CT molecular complexity index is 729. The largest absolute Gasteiger partial charge is 0.465 e. The van der Waals surface area contributed by atoms with Gasteiger partial charge in [0.1, 0.15) is 0 Å². The number of aromatic nitrogens is 2. The van der Waals surface area contributed by atoms with Gasteiger partial charge in [0.05, 0.1) is 12.7 Å². The van der Waals surface area contributed by atoms with Crippen molar-refractivity contribution in [1.29, 1.82) is 0 Å². The van der Waals surface area contributed by atoms with E-state index in [2.05, 4.69) is 9.97 Å². The van der Waals surface area contributed by atoms with Crippen molar-refractivity contribution >= 4 is 5.97 Å². The number of benzene rings is 1. The van der Waals surface area contributed by atoms with Gasteiger partial charge in [-0.1, -0.05) is 12.1 Å². The maximum Gasteiger partial charge on any atom is 0.337 e. The first-order chi connectivity index (χ1) is 10.8. The normalized spacial score (nSPS) is 10.2. The third-order valence-corrected chi connectivity index (χ3v) is 3.34. The van der Waals surface area contributed by atoms with E-state index < -0.39 is 0 Å². The lowest BCUT2D eigenvalue weighted by molar-refractivity contribution is 0.0601. The summed E-state index contributed by atoms with van der Waals surface area (Å²) >= 11 is 0. The molecule has 0 N–H and O–H groups in total. The molecule has 4 heteroatoms. The van der Waals surface area contributed by atoms with Gasteiger partial charge in [-0.25, -0.2) is 4.79 Å². The van der Waals surface area contributed by atoms with Crippen molar-refractivity contribution in [2.45, 2.75) is 0 Å². The van der Waals surface area contributed by atoms with Crippen molar-refractivity contribution in [2.75, 3.05) is 7.11 Å². The van der Waals surface area contributed by atoms with Gasteiger partial charge in [0.2, 0.25) is 0 Å². The van der Waals surface area contributed by atoms with Crippen molar-refractivity contribution in [3.63, 3.8) is 0 Å². The minimum atomic E-state index is -0.365. The van der Waals surface area contributed by atoms with Gasteiger partial charge in [0.15, 0.2) is 0 Å². The van der Waals surface area contributed by atoms with E-state index in [4.69, 9.17) is 4.74 Å². The van der Waals surface area contributed by atoms with Gasteiger partial charge in [-0.15, -0.1) is 0 Å². The smallest absolute Gasteiger partial charge is 0.337 e. The number of hydrogen-bond donors (Lipinski definition) is 0. The van der Waals surface area contributed by atoms with E-state index in [1.54, 1.807) is 24.8 Å². The molecule has 0 saturated heterocycles. The molecule has 2 aromatic heterocycles. The van der Waals surface area contributed by atoms with Crippen LogP contribution < -0.4 is 0 Å². The molecule has 4 nitrogen and oxygen atoms in total. The van der Waals surface area contributed by atoms with Crippen LogP contribution in [-0.2, 0) is 4.74 Å². The van der Waals surface area contributed by atoms with Crippen LogP contribution in [0.4, 0.5) is 0 Å². The second-order valence-electron chi connectivity index (χ2n) is 4.77. The van der Waals surface area contributed by atoms with Gasteiger partial charge in [-0.2, -0.15) is 0 Å². The molecule has 0 aliphatic heterocycles. The number of carbonyl (C=O) groups excluding carboxylic acids is 1.